The van der Waals surface area contributed by atoms with Gasteiger partial charge in [0.05, 0.1) is 0 Å². The Bertz CT molecular complexity index is 656. The first-order chi connectivity index (χ1) is 8.99. The van der Waals surface area contributed by atoms with Crippen molar-refractivity contribution in [3.05, 3.63) is 35.2 Å². The molecular formula is C15H16N2OS. The third-order valence-corrected chi connectivity index (χ3v) is 4.93. The summed E-state index contributed by atoms with van der Waals surface area (Å²) in [6, 6.07) is 8.49. The highest BCUT2D eigenvalue weighted by Crippen LogP contribution is 2.37. The lowest BCUT2D eigenvalue weighted by molar-refractivity contribution is -0.128. The van der Waals surface area contributed by atoms with Crippen molar-refractivity contribution in [3.63, 3.8) is 0 Å². The highest BCUT2D eigenvalue weighted by molar-refractivity contribution is 7.17. The van der Waals surface area contributed by atoms with Gasteiger partial charge in [-0.25, -0.2) is 0 Å². The molecule has 3 rings (SSSR count). The van der Waals surface area contributed by atoms with Gasteiger partial charge >= 0.3 is 0 Å². The fourth-order valence-corrected chi connectivity index (χ4v) is 3.47. The van der Waals surface area contributed by atoms with E-state index in [0.29, 0.717) is 18.7 Å². The van der Waals surface area contributed by atoms with E-state index in [9.17, 15) is 4.79 Å². The van der Waals surface area contributed by atoms with E-state index in [1.165, 1.54) is 15.0 Å². The van der Waals surface area contributed by atoms with Crippen LogP contribution < -0.4 is 0 Å². The van der Waals surface area contributed by atoms with Gasteiger partial charge in [0.25, 0.3) is 0 Å². The first-order valence-corrected chi connectivity index (χ1v) is 7.19. The average Bonchev–Trinajstić information content (AvgIpc) is 2.83. The lowest BCUT2D eigenvalue weighted by Crippen LogP contribution is -2.46. The van der Waals surface area contributed by atoms with Crippen molar-refractivity contribution in [3.8, 4) is 0 Å². The topological polar surface area (TPSA) is 44.2 Å². The van der Waals surface area contributed by atoms with Gasteiger partial charge < -0.3 is 4.90 Å². The van der Waals surface area contributed by atoms with E-state index in [1.54, 1.807) is 18.4 Å². The zero-order valence-electron chi connectivity index (χ0n) is 11.1. The van der Waals surface area contributed by atoms with Gasteiger partial charge in [-0.2, -0.15) is 0 Å². The summed E-state index contributed by atoms with van der Waals surface area (Å²) >= 11 is 1.73. The van der Waals surface area contributed by atoms with Crippen LogP contribution in [0.3, 0.4) is 0 Å². The molecule has 0 spiro atoms. The summed E-state index contributed by atoms with van der Waals surface area (Å²) in [6.07, 6.45) is 1.09. The predicted molar refractivity (Wildman–Crippen MR) is 78.9 cm³/mol. The Kier molecular flexibility index (Phi) is 2.71. The van der Waals surface area contributed by atoms with E-state index in [-0.39, 0.29) is 11.3 Å². The van der Waals surface area contributed by atoms with Gasteiger partial charge in [0, 0.05) is 30.0 Å². The molecule has 4 heteroatoms. The second-order valence-electron chi connectivity index (χ2n) is 5.49. The lowest BCUT2D eigenvalue weighted by Gasteiger charge is -2.38. The number of rotatable bonds is 1. The number of fused-ring (bicyclic) bond motifs is 1. The summed E-state index contributed by atoms with van der Waals surface area (Å²) in [5.41, 5.74) is 0.904. The molecule has 1 aromatic carbocycles. The molecule has 19 heavy (non-hydrogen) atoms. The van der Waals surface area contributed by atoms with Gasteiger partial charge in [-0.3, -0.25) is 10.2 Å². The second kappa shape index (κ2) is 4.17. The Hall–Kier alpha value is -1.68. The molecule has 3 nitrogen and oxygen atoms in total. The quantitative estimate of drug-likeness (QED) is 0.849. The van der Waals surface area contributed by atoms with Crippen molar-refractivity contribution in [2.75, 3.05) is 7.05 Å². The number of amides is 1. The van der Waals surface area contributed by atoms with Gasteiger partial charge in [0.2, 0.25) is 5.91 Å². The number of benzene rings is 1. The number of thiophene rings is 1. The van der Waals surface area contributed by atoms with Crippen LogP contribution in [-0.2, 0) is 10.2 Å². The first-order valence-electron chi connectivity index (χ1n) is 6.31. The van der Waals surface area contributed by atoms with Crippen LogP contribution in [0, 0.1) is 5.41 Å². The number of nitrogens with zero attached hydrogens (tertiary/aromatic N) is 1. The highest BCUT2D eigenvalue weighted by Gasteiger charge is 2.38. The van der Waals surface area contributed by atoms with E-state index in [4.69, 9.17) is 5.41 Å². The van der Waals surface area contributed by atoms with Crippen molar-refractivity contribution in [1.29, 1.82) is 5.41 Å². The van der Waals surface area contributed by atoms with E-state index in [1.807, 2.05) is 0 Å². The van der Waals surface area contributed by atoms with Crippen LogP contribution in [0.25, 0.3) is 10.1 Å². The third kappa shape index (κ3) is 1.96. The summed E-state index contributed by atoms with van der Waals surface area (Å²) in [7, 11) is 1.69. The van der Waals surface area contributed by atoms with Crippen LogP contribution in [0.5, 0.6) is 0 Å². The number of likely N-dealkylation sites (tertiary alicyclic amines) is 1. The maximum absolute atomic E-state index is 12.0. The Morgan fingerprint density at radius 2 is 2.11 bits per heavy atom. The average molecular weight is 272 g/mol. The molecule has 0 aliphatic carbocycles. The lowest BCUT2D eigenvalue weighted by atomic mass is 9.73. The second-order valence-corrected chi connectivity index (χ2v) is 6.43. The molecule has 1 aromatic heterocycles. The minimum Gasteiger partial charge on any atom is -0.304 e. The number of amidine groups is 1. The fourth-order valence-electron chi connectivity index (χ4n) is 2.70. The molecule has 1 aliphatic rings. The van der Waals surface area contributed by atoms with Crippen molar-refractivity contribution in [2.24, 2.45) is 0 Å². The number of nitrogens with one attached hydrogen (secondary N) is 1. The van der Waals surface area contributed by atoms with Crippen molar-refractivity contribution < 1.29 is 4.79 Å². The zero-order chi connectivity index (χ0) is 13.6. The van der Waals surface area contributed by atoms with Crippen LogP contribution in [0.1, 0.15) is 25.3 Å². The summed E-state index contributed by atoms with van der Waals surface area (Å²) in [6.45, 7) is 2.08. The van der Waals surface area contributed by atoms with Crippen LogP contribution in [-0.4, -0.2) is 23.7 Å². The maximum atomic E-state index is 12.0. The van der Waals surface area contributed by atoms with Crippen LogP contribution in [0.2, 0.25) is 0 Å². The minimum atomic E-state index is -0.253. The number of hydrogen-bond donors (Lipinski definition) is 1. The van der Waals surface area contributed by atoms with Gasteiger partial charge in [0.15, 0.2) is 0 Å². The standard InChI is InChI=1S/C15H16N2OS/c1-15(8-13(16)17(2)14(18)9-15)11-3-4-12-10(7-11)5-6-19-12/h3-7,16H,8-9H2,1-2H3/t15-/m0/s1. The molecule has 98 valence electrons. The van der Waals surface area contributed by atoms with E-state index in [0.717, 1.165) is 5.56 Å². The molecule has 0 bridgehead atoms. The molecule has 1 fully saturated rings. The molecule has 0 unspecified atom stereocenters. The SMILES string of the molecule is CN1C(=N)C[C@](C)(c2ccc3sccc3c2)CC1=O. The molecule has 2 aromatic rings. The smallest absolute Gasteiger partial charge is 0.228 e. The largest absolute Gasteiger partial charge is 0.304 e. The Morgan fingerprint density at radius 1 is 1.32 bits per heavy atom. The number of piperidine rings is 1. The normalized spacial score (nSPS) is 24.2. The van der Waals surface area contributed by atoms with Crippen molar-refractivity contribution in [2.45, 2.75) is 25.2 Å². The molecule has 1 N–H and O–H groups in total. The Balaban J connectivity index is 2.04. The number of hydrogen-bond acceptors (Lipinski definition) is 3. The third-order valence-electron chi connectivity index (χ3n) is 4.03. The highest BCUT2D eigenvalue weighted by atomic mass is 32.1. The first kappa shape index (κ1) is 12.4. The molecular weight excluding hydrogens is 256 g/mol. The summed E-state index contributed by atoms with van der Waals surface area (Å²) in [4.78, 5) is 13.5. The van der Waals surface area contributed by atoms with Gasteiger partial charge in [-0.05, 0) is 34.5 Å². The zero-order valence-corrected chi connectivity index (χ0v) is 11.9. The molecule has 2 heterocycles. The van der Waals surface area contributed by atoms with Gasteiger partial charge in [-0.15, -0.1) is 11.3 Å². The number of carbonyl (C=O) groups is 1. The monoisotopic (exact) mass is 272 g/mol. The van der Waals surface area contributed by atoms with Crippen LogP contribution in [0.4, 0.5) is 0 Å². The molecule has 0 saturated carbocycles. The Labute approximate surface area is 116 Å². The minimum absolute atomic E-state index is 0.0316. The van der Waals surface area contributed by atoms with Crippen molar-refractivity contribution >= 4 is 33.2 Å². The molecule has 0 radical (unpaired) electrons. The summed E-state index contributed by atoms with van der Waals surface area (Å²) in [5.74, 6) is 0.438. The van der Waals surface area contributed by atoms with Crippen LogP contribution >= 0.6 is 11.3 Å². The Morgan fingerprint density at radius 3 is 2.84 bits per heavy atom. The predicted octanol–water partition coefficient (Wildman–Crippen LogP) is 3.39. The molecule has 1 saturated heterocycles. The summed E-state index contributed by atoms with van der Waals surface area (Å²) in [5, 5.41) is 11.3. The number of carbonyl (C=O) groups excluding carboxylic acids is 1. The summed E-state index contributed by atoms with van der Waals surface area (Å²) < 4.78 is 1.27. The van der Waals surface area contributed by atoms with E-state index < -0.39 is 0 Å². The van der Waals surface area contributed by atoms with Crippen molar-refractivity contribution in [1.82, 2.24) is 4.90 Å². The van der Waals surface area contributed by atoms with Gasteiger partial charge in [-0.1, -0.05) is 13.0 Å². The molecule has 1 amide bonds. The fraction of sp³-hybridized carbons (Fsp3) is 0.333. The van der Waals surface area contributed by atoms with E-state index >= 15 is 0 Å². The van der Waals surface area contributed by atoms with E-state index in [2.05, 4.69) is 36.6 Å². The van der Waals surface area contributed by atoms with Gasteiger partial charge in [0.1, 0.15) is 5.84 Å². The molecule has 1 aliphatic heterocycles. The van der Waals surface area contributed by atoms with Crippen LogP contribution in [0.15, 0.2) is 29.6 Å². The molecule has 1 atom stereocenters. The maximum Gasteiger partial charge on any atom is 0.228 e.